The first kappa shape index (κ1) is 13.5. The molecule has 6 nitrogen and oxygen atoms in total. The Balaban J connectivity index is 2.63. The number of hydrogen-bond acceptors (Lipinski definition) is 5. The molecule has 2 heterocycles. The van der Waals surface area contributed by atoms with Gasteiger partial charge in [-0.15, -0.1) is 0 Å². The van der Waals surface area contributed by atoms with E-state index in [0.717, 1.165) is 0 Å². The summed E-state index contributed by atoms with van der Waals surface area (Å²) in [5.74, 6) is -0.570. The van der Waals surface area contributed by atoms with Crippen LogP contribution in [-0.4, -0.2) is 22.6 Å². The maximum absolute atomic E-state index is 12.2. The molecule has 2 aromatic rings. The van der Waals surface area contributed by atoms with Gasteiger partial charge in [-0.3, -0.25) is 19.1 Å². The molecule has 0 radical (unpaired) electrons. The van der Waals surface area contributed by atoms with Crippen LogP contribution in [0.15, 0.2) is 41.3 Å². The molecule has 0 aliphatic carbocycles. The highest BCUT2D eigenvalue weighted by molar-refractivity contribution is 5.70. The standard InChI is InChI=1S/C14H11N3O3/c1-20-13(18)9-17-12(11-4-2-3-7-16-11)6-5-10(8-15)14(17)19/h2-7H,9H2,1H3. The predicted molar refractivity (Wildman–Crippen MR) is 70.7 cm³/mol. The number of carbonyl (C=O) groups excluding carboxylic acids is 1. The van der Waals surface area contributed by atoms with Gasteiger partial charge >= 0.3 is 5.97 Å². The zero-order valence-corrected chi connectivity index (χ0v) is 10.7. The maximum Gasteiger partial charge on any atom is 0.325 e. The van der Waals surface area contributed by atoms with Crippen LogP contribution in [0.3, 0.4) is 0 Å². The van der Waals surface area contributed by atoms with Crippen molar-refractivity contribution in [2.24, 2.45) is 0 Å². The molecule has 0 aliphatic heterocycles. The van der Waals surface area contributed by atoms with Gasteiger partial charge in [0.1, 0.15) is 18.2 Å². The summed E-state index contributed by atoms with van der Waals surface area (Å²) in [7, 11) is 1.24. The molecule has 100 valence electrons. The first-order valence-corrected chi connectivity index (χ1v) is 5.79. The van der Waals surface area contributed by atoms with Crippen LogP contribution in [0.2, 0.25) is 0 Å². The number of rotatable bonds is 3. The Hall–Kier alpha value is -2.94. The number of methoxy groups -OCH3 is 1. The molecule has 0 spiro atoms. The van der Waals surface area contributed by atoms with Crippen LogP contribution in [0.5, 0.6) is 0 Å². The van der Waals surface area contributed by atoms with Crippen molar-refractivity contribution in [3.63, 3.8) is 0 Å². The van der Waals surface area contributed by atoms with Crippen molar-refractivity contribution in [2.45, 2.75) is 6.54 Å². The lowest BCUT2D eigenvalue weighted by Crippen LogP contribution is -2.28. The van der Waals surface area contributed by atoms with Gasteiger partial charge in [0.2, 0.25) is 0 Å². The van der Waals surface area contributed by atoms with E-state index < -0.39 is 11.5 Å². The molecular formula is C14H11N3O3. The number of carbonyl (C=O) groups is 1. The Labute approximate surface area is 114 Å². The van der Waals surface area contributed by atoms with E-state index in [9.17, 15) is 9.59 Å². The second-order valence-corrected chi connectivity index (χ2v) is 3.93. The maximum atomic E-state index is 12.2. The van der Waals surface area contributed by atoms with E-state index in [-0.39, 0.29) is 12.1 Å². The second kappa shape index (κ2) is 5.80. The molecule has 0 fully saturated rings. The molecule has 0 aliphatic rings. The van der Waals surface area contributed by atoms with Gasteiger partial charge in [-0.1, -0.05) is 6.07 Å². The van der Waals surface area contributed by atoms with E-state index in [1.807, 2.05) is 0 Å². The van der Waals surface area contributed by atoms with Crippen LogP contribution >= 0.6 is 0 Å². The number of esters is 1. The summed E-state index contributed by atoms with van der Waals surface area (Å²) in [5.41, 5.74) is 0.424. The van der Waals surface area contributed by atoms with Gasteiger partial charge in [0.05, 0.1) is 18.5 Å². The molecule has 0 unspecified atom stereocenters. The summed E-state index contributed by atoms with van der Waals surface area (Å²) in [6.07, 6.45) is 1.58. The van der Waals surface area contributed by atoms with Crippen LogP contribution in [0.25, 0.3) is 11.4 Å². The number of nitriles is 1. The average molecular weight is 269 g/mol. The number of ether oxygens (including phenoxy) is 1. The molecule has 2 rings (SSSR count). The lowest BCUT2D eigenvalue weighted by Gasteiger charge is -2.11. The van der Waals surface area contributed by atoms with Crippen LogP contribution in [0.4, 0.5) is 0 Å². The summed E-state index contributed by atoms with van der Waals surface area (Å²) < 4.78 is 5.76. The zero-order valence-electron chi connectivity index (χ0n) is 10.7. The number of pyridine rings is 2. The molecule has 0 atom stereocenters. The molecule has 0 saturated heterocycles. The molecule has 0 amide bonds. The first-order chi connectivity index (χ1) is 9.67. The quantitative estimate of drug-likeness (QED) is 0.774. The minimum absolute atomic E-state index is 0.0337. The van der Waals surface area contributed by atoms with Gasteiger partial charge in [-0.2, -0.15) is 5.26 Å². The molecule has 20 heavy (non-hydrogen) atoms. The molecule has 6 heteroatoms. The molecule has 0 bridgehead atoms. The number of nitrogens with zero attached hydrogens (tertiary/aromatic N) is 3. The monoisotopic (exact) mass is 269 g/mol. The van der Waals surface area contributed by atoms with E-state index in [4.69, 9.17) is 5.26 Å². The molecular weight excluding hydrogens is 258 g/mol. The fourth-order valence-electron chi connectivity index (χ4n) is 1.75. The summed E-state index contributed by atoms with van der Waals surface area (Å²) in [5, 5.41) is 8.90. The summed E-state index contributed by atoms with van der Waals surface area (Å²) in [4.78, 5) is 27.7. The normalized spacial score (nSPS) is 9.80. The smallest absolute Gasteiger partial charge is 0.325 e. The summed E-state index contributed by atoms with van der Waals surface area (Å²) >= 11 is 0. The Kier molecular flexibility index (Phi) is 3.91. The van der Waals surface area contributed by atoms with Gasteiger partial charge in [-0.05, 0) is 24.3 Å². The SMILES string of the molecule is COC(=O)Cn1c(-c2ccccn2)ccc(C#N)c1=O. The van der Waals surface area contributed by atoms with Crippen molar-refractivity contribution in [2.75, 3.05) is 7.11 Å². The Morgan fingerprint density at radius 3 is 2.80 bits per heavy atom. The summed E-state index contributed by atoms with van der Waals surface area (Å²) in [6, 6.07) is 10.0. The largest absolute Gasteiger partial charge is 0.468 e. The molecule has 0 saturated carbocycles. The fourth-order valence-corrected chi connectivity index (χ4v) is 1.75. The highest BCUT2D eigenvalue weighted by Crippen LogP contribution is 2.15. The van der Waals surface area contributed by atoms with E-state index in [1.165, 1.54) is 17.7 Å². The van der Waals surface area contributed by atoms with Crippen molar-refractivity contribution in [1.82, 2.24) is 9.55 Å². The Morgan fingerprint density at radius 1 is 1.40 bits per heavy atom. The zero-order chi connectivity index (χ0) is 14.5. The third kappa shape index (κ3) is 2.57. The Morgan fingerprint density at radius 2 is 2.20 bits per heavy atom. The topological polar surface area (TPSA) is 85.0 Å². The minimum atomic E-state index is -0.570. The molecule has 0 N–H and O–H groups in total. The van der Waals surface area contributed by atoms with Gasteiger partial charge in [0.25, 0.3) is 5.56 Å². The highest BCUT2D eigenvalue weighted by atomic mass is 16.5. The lowest BCUT2D eigenvalue weighted by atomic mass is 10.2. The number of aromatic nitrogens is 2. The highest BCUT2D eigenvalue weighted by Gasteiger charge is 2.14. The molecule has 0 aromatic carbocycles. The van der Waals surface area contributed by atoms with E-state index in [1.54, 1.807) is 36.5 Å². The fraction of sp³-hybridized carbons (Fsp3) is 0.143. The van der Waals surface area contributed by atoms with E-state index >= 15 is 0 Å². The first-order valence-electron chi connectivity index (χ1n) is 5.79. The van der Waals surface area contributed by atoms with Gasteiger partial charge in [0.15, 0.2) is 0 Å². The van der Waals surface area contributed by atoms with Crippen molar-refractivity contribution in [1.29, 1.82) is 5.26 Å². The van der Waals surface area contributed by atoms with Crippen LogP contribution in [0.1, 0.15) is 5.56 Å². The van der Waals surface area contributed by atoms with Crippen LogP contribution in [-0.2, 0) is 16.1 Å². The van der Waals surface area contributed by atoms with Crippen molar-refractivity contribution in [3.05, 3.63) is 52.4 Å². The summed E-state index contributed by atoms with van der Waals surface area (Å²) in [6.45, 7) is -0.267. The van der Waals surface area contributed by atoms with Crippen molar-refractivity contribution in [3.8, 4) is 17.5 Å². The minimum Gasteiger partial charge on any atom is -0.468 e. The molecule has 2 aromatic heterocycles. The Bertz CT molecular complexity index is 730. The average Bonchev–Trinajstić information content (AvgIpc) is 2.50. The van der Waals surface area contributed by atoms with Crippen molar-refractivity contribution < 1.29 is 9.53 Å². The second-order valence-electron chi connectivity index (χ2n) is 3.93. The van der Waals surface area contributed by atoms with E-state index in [0.29, 0.717) is 11.4 Å². The van der Waals surface area contributed by atoms with Crippen LogP contribution in [0, 0.1) is 11.3 Å². The van der Waals surface area contributed by atoms with Gasteiger partial charge in [0, 0.05) is 6.20 Å². The van der Waals surface area contributed by atoms with Gasteiger partial charge < -0.3 is 4.74 Å². The van der Waals surface area contributed by atoms with E-state index in [2.05, 4.69) is 9.72 Å². The van der Waals surface area contributed by atoms with Crippen molar-refractivity contribution >= 4 is 5.97 Å². The lowest BCUT2D eigenvalue weighted by molar-refractivity contribution is -0.141. The van der Waals surface area contributed by atoms with Crippen LogP contribution < -0.4 is 5.56 Å². The number of hydrogen-bond donors (Lipinski definition) is 0. The third-order valence-electron chi connectivity index (χ3n) is 2.74. The third-order valence-corrected chi connectivity index (χ3v) is 2.74. The predicted octanol–water partition coefficient (Wildman–Crippen LogP) is 0.955. The van der Waals surface area contributed by atoms with Gasteiger partial charge in [-0.25, -0.2) is 0 Å².